The largest absolute Gasteiger partial charge is 0.461 e. The van der Waals surface area contributed by atoms with Crippen LogP contribution in [0.1, 0.15) is 55.6 Å². The molecule has 1 aliphatic carbocycles. The zero-order chi connectivity index (χ0) is 17.1. The van der Waals surface area contributed by atoms with Gasteiger partial charge in [-0.2, -0.15) is 0 Å². The highest BCUT2D eigenvalue weighted by Gasteiger charge is 2.48. The smallest absolute Gasteiger partial charge is 0.355 e. The minimum Gasteiger partial charge on any atom is -0.461 e. The third kappa shape index (κ3) is 1.87. The van der Waals surface area contributed by atoms with E-state index in [0.717, 1.165) is 53.2 Å². The first kappa shape index (κ1) is 15.2. The lowest BCUT2D eigenvalue weighted by atomic mass is 9.86. The van der Waals surface area contributed by atoms with Crippen LogP contribution >= 0.6 is 0 Å². The number of carbonyl (C=O) groups is 2. The number of allylic oxidation sites excluding steroid dienone is 1. The van der Waals surface area contributed by atoms with Gasteiger partial charge in [-0.25, -0.2) is 4.79 Å². The number of ether oxygens (including phenoxy) is 1. The van der Waals surface area contributed by atoms with Crippen LogP contribution in [-0.2, 0) is 9.53 Å². The van der Waals surface area contributed by atoms with Gasteiger partial charge >= 0.3 is 5.97 Å². The highest BCUT2D eigenvalue weighted by Crippen LogP contribution is 2.48. The van der Waals surface area contributed by atoms with E-state index in [1.54, 1.807) is 6.92 Å². The van der Waals surface area contributed by atoms with Crippen molar-refractivity contribution in [1.29, 1.82) is 0 Å². The number of hydrogen-bond donors (Lipinski definition) is 1. The van der Waals surface area contributed by atoms with Crippen molar-refractivity contribution >= 4 is 23.6 Å². The quantitative estimate of drug-likeness (QED) is 0.842. The number of amides is 1. The van der Waals surface area contributed by atoms with Crippen LogP contribution in [0.4, 0.5) is 0 Å². The van der Waals surface area contributed by atoms with Gasteiger partial charge in [0.1, 0.15) is 5.69 Å². The van der Waals surface area contributed by atoms with Gasteiger partial charge in [0.15, 0.2) is 0 Å². The van der Waals surface area contributed by atoms with Gasteiger partial charge in [-0.15, -0.1) is 0 Å². The fraction of sp³-hybridized carbons (Fsp3) is 0.474. The van der Waals surface area contributed by atoms with E-state index in [0.29, 0.717) is 12.3 Å². The molecule has 5 nitrogen and oxygen atoms in total. The molecule has 1 amide bonds. The molecule has 0 unspecified atom stereocenters. The number of nitrogens with one attached hydrogen (secondary N) is 1. The number of nitrogens with zero attached hydrogens (tertiary/aromatic N) is 1. The highest BCUT2D eigenvalue weighted by atomic mass is 16.5. The van der Waals surface area contributed by atoms with E-state index in [2.05, 4.69) is 11.1 Å². The van der Waals surface area contributed by atoms with Gasteiger partial charge in [0, 0.05) is 16.6 Å². The lowest BCUT2D eigenvalue weighted by Crippen LogP contribution is -2.41. The Morgan fingerprint density at radius 1 is 1.33 bits per heavy atom. The molecule has 126 valence electrons. The predicted octanol–water partition coefficient (Wildman–Crippen LogP) is 1.71. The van der Waals surface area contributed by atoms with Gasteiger partial charge < -0.3 is 9.72 Å². The van der Waals surface area contributed by atoms with Crippen LogP contribution < -0.4 is 10.6 Å². The van der Waals surface area contributed by atoms with E-state index in [4.69, 9.17) is 4.74 Å². The summed E-state index contributed by atoms with van der Waals surface area (Å²) in [5, 5.41) is 1.83. The summed E-state index contributed by atoms with van der Waals surface area (Å²) in [6.07, 6.45) is 8.22. The van der Waals surface area contributed by atoms with Gasteiger partial charge in [0.05, 0.1) is 17.4 Å². The van der Waals surface area contributed by atoms with Gasteiger partial charge in [-0.1, -0.05) is 12.8 Å². The molecule has 0 bridgehead atoms. The number of esters is 1. The van der Waals surface area contributed by atoms with Crippen molar-refractivity contribution in [2.24, 2.45) is 5.41 Å². The average Bonchev–Trinajstić information content (AvgIpc) is 3.20. The summed E-state index contributed by atoms with van der Waals surface area (Å²) in [5.74, 6) is -0.161. The molecule has 1 aromatic rings. The molecule has 3 heterocycles. The van der Waals surface area contributed by atoms with Crippen molar-refractivity contribution < 1.29 is 14.3 Å². The van der Waals surface area contributed by atoms with Crippen molar-refractivity contribution in [2.75, 3.05) is 6.61 Å². The molecule has 0 atom stereocenters. The van der Waals surface area contributed by atoms with Gasteiger partial charge in [0.25, 0.3) is 0 Å². The first-order valence-corrected chi connectivity index (χ1v) is 8.64. The Balaban J connectivity index is 1.89. The van der Waals surface area contributed by atoms with Crippen LogP contribution in [-0.4, -0.2) is 28.4 Å². The zero-order valence-electron chi connectivity index (χ0n) is 14.4. The van der Waals surface area contributed by atoms with Gasteiger partial charge in [-0.3, -0.25) is 9.69 Å². The Labute approximate surface area is 140 Å². The average molecular weight is 326 g/mol. The maximum absolute atomic E-state index is 13.1. The number of hydrogen-bond acceptors (Lipinski definition) is 3. The minimum atomic E-state index is -0.349. The molecule has 1 saturated carbocycles. The van der Waals surface area contributed by atoms with Crippen LogP contribution in [0, 0.1) is 12.3 Å². The van der Waals surface area contributed by atoms with Crippen molar-refractivity contribution in [3.63, 3.8) is 0 Å². The summed E-state index contributed by atoms with van der Waals surface area (Å²) >= 11 is 0. The summed E-state index contributed by atoms with van der Waals surface area (Å²) in [6.45, 7) is 5.99. The molecule has 1 fully saturated rings. The SMILES string of the molecule is CCOC(=O)c1[nH]c2c(c1C)=C(C)N1C(=O)C3(C=C1C=2)CCCC3. The molecular weight excluding hydrogens is 304 g/mol. The lowest BCUT2D eigenvalue weighted by molar-refractivity contribution is -0.132. The summed E-state index contributed by atoms with van der Waals surface area (Å²) < 4.78 is 5.12. The number of aromatic nitrogens is 1. The molecule has 24 heavy (non-hydrogen) atoms. The monoisotopic (exact) mass is 326 g/mol. The van der Waals surface area contributed by atoms with E-state index in [1.165, 1.54) is 0 Å². The summed E-state index contributed by atoms with van der Waals surface area (Å²) in [7, 11) is 0. The second kappa shape index (κ2) is 5.10. The van der Waals surface area contributed by atoms with Gasteiger partial charge in [0.2, 0.25) is 5.91 Å². The molecule has 5 heteroatoms. The standard InChI is InChI=1S/C19H22N2O3/c1-4-24-17(22)16-11(2)15-12(3)21-13(9-14(15)20-16)10-19(18(21)23)7-5-6-8-19/h9-10,20H,4-8H2,1-3H3. The van der Waals surface area contributed by atoms with Crippen molar-refractivity contribution in [2.45, 2.75) is 46.5 Å². The number of aromatic amines is 1. The molecule has 0 aromatic carbocycles. The van der Waals surface area contributed by atoms with Crippen LogP contribution in [0.25, 0.3) is 11.8 Å². The fourth-order valence-corrected chi connectivity index (χ4v) is 4.43. The van der Waals surface area contributed by atoms with E-state index in [9.17, 15) is 9.59 Å². The molecular formula is C19H22N2O3. The second-order valence-electron chi connectivity index (χ2n) is 6.94. The maximum atomic E-state index is 13.1. The van der Waals surface area contributed by atoms with E-state index in [1.807, 2.05) is 24.8 Å². The Kier molecular flexibility index (Phi) is 3.24. The maximum Gasteiger partial charge on any atom is 0.355 e. The van der Waals surface area contributed by atoms with Crippen LogP contribution in [0.15, 0.2) is 11.8 Å². The van der Waals surface area contributed by atoms with Crippen molar-refractivity contribution in [3.8, 4) is 0 Å². The third-order valence-corrected chi connectivity index (χ3v) is 5.56. The molecule has 1 aromatic heterocycles. The van der Waals surface area contributed by atoms with E-state index < -0.39 is 0 Å². The summed E-state index contributed by atoms with van der Waals surface area (Å²) in [4.78, 5) is 30.2. The Morgan fingerprint density at radius 3 is 2.71 bits per heavy atom. The highest BCUT2D eigenvalue weighted by molar-refractivity contribution is 5.98. The van der Waals surface area contributed by atoms with Crippen LogP contribution in [0.2, 0.25) is 0 Å². The molecule has 3 aliphatic rings. The first-order chi connectivity index (χ1) is 11.5. The molecule has 2 aliphatic heterocycles. The Hall–Kier alpha value is -2.30. The number of carbonyl (C=O) groups excluding carboxylic acids is 2. The van der Waals surface area contributed by atoms with E-state index in [-0.39, 0.29) is 17.3 Å². The normalized spacial score (nSPS) is 20.8. The molecule has 0 saturated heterocycles. The molecule has 1 spiro atoms. The Bertz CT molecular complexity index is 898. The van der Waals surface area contributed by atoms with Crippen molar-refractivity contribution in [3.05, 3.63) is 33.6 Å². The minimum absolute atomic E-state index is 0.188. The first-order valence-electron chi connectivity index (χ1n) is 8.64. The lowest BCUT2D eigenvalue weighted by Gasteiger charge is -2.26. The van der Waals surface area contributed by atoms with Crippen molar-refractivity contribution in [1.82, 2.24) is 9.88 Å². The molecule has 1 N–H and O–H groups in total. The fourth-order valence-electron chi connectivity index (χ4n) is 4.43. The van der Waals surface area contributed by atoms with Crippen LogP contribution in [0.3, 0.4) is 0 Å². The number of fused-ring (bicyclic) bond motifs is 2. The van der Waals surface area contributed by atoms with E-state index >= 15 is 0 Å². The summed E-state index contributed by atoms with van der Waals surface area (Å²) in [6, 6.07) is 0. The second-order valence-corrected chi connectivity index (χ2v) is 6.94. The number of H-pyrrole nitrogens is 1. The number of rotatable bonds is 2. The molecule has 0 radical (unpaired) electrons. The molecule has 4 rings (SSSR count). The zero-order valence-corrected chi connectivity index (χ0v) is 14.4. The third-order valence-electron chi connectivity index (χ3n) is 5.56. The predicted molar refractivity (Wildman–Crippen MR) is 90.1 cm³/mol. The Morgan fingerprint density at radius 2 is 2.04 bits per heavy atom. The summed E-state index contributed by atoms with van der Waals surface area (Å²) in [5.41, 5.74) is 2.84. The van der Waals surface area contributed by atoms with Gasteiger partial charge in [-0.05, 0) is 51.3 Å². The van der Waals surface area contributed by atoms with Crippen LogP contribution in [0.5, 0.6) is 0 Å². The topological polar surface area (TPSA) is 62.4 Å².